The first kappa shape index (κ1) is 15.3. The molecule has 1 aliphatic heterocycles. The van der Waals surface area contributed by atoms with Crippen molar-refractivity contribution in [3.63, 3.8) is 0 Å². The van der Waals surface area contributed by atoms with E-state index in [4.69, 9.17) is 0 Å². The van der Waals surface area contributed by atoms with E-state index in [-0.39, 0.29) is 6.61 Å². The Bertz CT molecular complexity index is 875. The number of anilines is 1. The average Bonchev–Trinajstić information content (AvgIpc) is 2.92. The van der Waals surface area contributed by atoms with Gasteiger partial charge >= 0.3 is 0 Å². The van der Waals surface area contributed by atoms with Gasteiger partial charge in [0.25, 0.3) is 0 Å². The van der Waals surface area contributed by atoms with Gasteiger partial charge in [0.2, 0.25) is 0 Å². The SMILES string of the molecule is CN(C)c1ccc(/C=C/C=C2/N=c3ccccc3=C2CO)cc1. The van der Waals surface area contributed by atoms with E-state index >= 15 is 0 Å². The van der Waals surface area contributed by atoms with Crippen LogP contribution in [0.1, 0.15) is 5.56 Å². The van der Waals surface area contributed by atoms with Crippen molar-refractivity contribution in [2.75, 3.05) is 25.6 Å². The van der Waals surface area contributed by atoms with Crippen LogP contribution >= 0.6 is 0 Å². The van der Waals surface area contributed by atoms with Crippen LogP contribution in [0, 0.1) is 0 Å². The second-order valence-corrected chi connectivity index (χ2v) is 5.66. The lowest BCUT2D eigenvalue weighted by Crippen LogP contribution is -2.22. The Hall–Kier alpha value is -2.65. The van der Waals surface area contributed by atoms with E-state index in [9.17, 15) is 5.11 Å². The first-order chi connectivity index (χ1) is 11.2. The van der Waals surface area contributed by atoms with Crippen molar-refractivity contribution in [3.8, 4) is 0 Å². The molecule has 0 bridgehead atoms. The summed E-state index contributed by atoms with van der Waals surface area (Å²) >= 11 is 0. The summed E-state index contributed by atoms with van der Waals surface area (Å²) < 4.78 is 0. The lowest BCUT2D eigenvalue weighted by Gasteiger charge is -2.11. The highest BCUT2D eigenvalue weighted by Gasteiger charge is 2.10. The van der Waals surface area contributed by atoms with E-state index in [2.05, 4.69) is 34.2 Å². The van der Waals surface area contributed by atoms with Gasteiger partial charge in [0, 0.05) is 30.6 Å². The van der Waals surface area contributed by atoms with Crippen LogP contribution in [0.4, 0.5) is 5.69 Å². The van der Waals surface area contributed by atoms with Gasteiger partial charge in [-0.15, -0.1) is 0 Å². The van der Waals surface area contributed by atoms with Crippen LogP contribution in [0.25, 0.3) is 11.6 Å². The molecule has 116 valence electrons. The molecule has 0 unspecified atom stereocenters. The molecule has 3 nitrogen and oxygen atoms in total. The molecule has 0 spiro atoms. The standard InChI is InChI=1S/C20H20N2O/c1-22(2)16-12-10-15(11-13-16)6-5-9-20-18(14-23)17-7-3-4-8-19(17)21-20/h3-13,23H,14H2,1-2H3/b6-5+,20-9+. The second kappa shape index (κ2) is 6.63. The zero-order chi connectivity index (χ0) is 16.2. The van der Waals surface area contributed by atoms with Gasteiger partial charge in [0.1, 0.15) is 0 Å². The van der Waals surface area contributed by atoms with Crippen LogP contribution in [0.5, 0.6) is 0 Å². The molecule has 3 rings (SSSR count). The fourth-order valence-electron chi connectivity index (χ4n) is 2.60. The van der Waals surface area contributed by atoms with E-state index in [1.165, 1.54) is 5.69 Å². The number of fused-ring (bicyclic) bond motifs is 1. The molecule has 2 aromatic carbocycles. The molecule has 0 aromatic heterocycles. The summed E-state index contributed by atoms with van der Waals surface area (Å²) in [5, 5.41) is 11.6. The van der Waals surface area contributed by atoms with Gasteiger partial charge in [0.15, 0.2) is 0 Å². The second-order valence-electron chi connectivity index (χ2n) is 5.66. The molecule has 23 heavy (non-hydrogen) atoms. The van der Waals surface area contributed by atoms with Crippen LogP contribution in [-0.4, -0.2) is 25.8 Å². The van der Waals surface area contributed by atoms with Crippen molar-refractivity contribution in [2.24, 2.45) is 4.99 Å². The number of hydrogen-bond acceptors (Lipinski definition) is 3. The Morgan fingerprint density at radius 2 is 1.78 bits per heavy atom. The smallest absolute Gasteiger partial charge is 0.0713 e. The molecule has 0 atom stereocenters. The molecule has 0 fully saturated rings. The van der Waals surface area contributed by atoms with E-state index in [1.807, 2.05) is 56.6 Å². The maximum Gasteiger partial charge on any atom is 0.0713 e. The van der Waals surface area contributed by atoms with Crippen molar-refractivity contribution >= 4 is 17.3 Å². The predicted molar refractivity (Wildman–Crippen MR) is 95.6 cm³/mol. The largest absolute Gasteiger partial charge is 0.392 e. The average molecular weight is 304 g/mol. The number of nitrogens with zero attached hydrogens (tertiary/aromatic N) is 2. The minimum atomic E-state index is -0.00226. The lowest BCUT2D eigenvalue weighted by atomic mass is 10.1. The molecule has 0 saturated carbocycles. The zero-order valence-electron chi connectivity index (χ0n) is 13.4. The summed E-state index contributed by atoms with van der Waals surface area (Å²) in [6.07, 6.45) is 5.97. The number of aliphatic hydroxyl groups is 1. The Morgan fingerprint density at radius 3 is 2.48 bits per heavy atom. The summed E-state index contributed by atoms with van der Waals surface area (Å²) in [5.41, 5.74) is 4.02. The molecule has 0 aliphatic carbocycles. The number of allylic oxidation sites excluding steroid dienone is 2. The van der Waals surface area contributed by atoms with Crippen molar-refractivity contribution < 1.29 is 5.11 Å². The maximum atomic E-state index is 9.62. The molecule has 0 saturated heterocycles. The van der Waals surface area contributed by atoms with E-state index in [0.717, 1.165) is 27.4 Å². The van der Waals surface area contributed by atoms with Crippen LogP contribution < -0.4 is 15.5 Å². The first-order valence-corrected chi connectivity index (χ1v) is 7.63. The fourth-order valence-corrected chi connectivity index (χ4v) is 2.60. The quantitative estimate of drug-likeness (QED) is 0.939. The molecule has 2 aromatic rings. The molecule has 1 aliphatic rings. The maximum absolute atomic E-state index is 9.62. The number of rotatable bonds is 4. The van der Waals surface area contributed by atoms with Crippen molar-refractivity contribution in [3.05, 3.63) is 82.5 Å². The third-order valence-corrected chi connectivity index (χ3v) is 3.89. The Morgan fingerprint density at radius 1 is 1.04 bits per heavy atom. The first-order valence-electron chi connectivity index (χ1n) is 7.63. The zero-order valence-corrected chi connectivity index (χ0v) is 13.4. The number of para-hydroxylation sites is 1. The summed E-state index contributed by atoms with van der Waals surface area (Å²) in [7, 11) is 4.06. The van der Waals surface area contributed by atoms with E-state index in [0.29, 0.717) is 0 Å². The van der Waals surface area contributed by atoms with Gasteiger partial charge in [-0.25, -0.2) is 4.99 Å². The van der Waals surface area contributed by atoms with Crippen molar-refractivity contribution in [1.29, 1.82) is 0 Å². The van der Waals surface area contributed by atoms with E-state index in [1.54, 1.807) is 0 Å². The summed E-state index contributed by atoms with van der Waals surface area (Å²) in [6.45, 7) is -0.00226. The Balaban J connectivity index is 1.84. The molecule has 3 heteroatoms. The third kappa shape index (κ3) is 3.25. The summed E-state index contributed by atoms with van der Waals surface area (Å²) in [6, 6.07) is 16.2. The molecule has 1 heterocycles. The molecular formula is C20H20N2O. The van der Waals surface area contributed by atoms with Crippen LogP contribution in [0.3, 0.4) is 0 Å². The fraction of sp³-hybridized carbons (Fsp3) is 0.150. The van der Waals surface area contributed by atoms with Gasteiger partial charge in [-0.2, -0.15) is 0 Å². The molecular weight excluding hydrogens is 284 g/mol. The normalized spacial score (nSPS) is 15.1. The predicted octanol–water partition coefficient (Wildman–Crippen LogP) is 2.13. The van der Waals surface area contributed by atoms with Crippen molar-refractivity contribution in [2.45, 2.75) is 0 Å². The van der Waals surface area contributed by atoms with Crippen molar-refractivity contribution in [1.82, 2.24) is 0 Å². The Kier molecular flexibility index (Phi) is 4.40. The topological polar surface area (TPSA) is 35.8 Å². The Labute approximate surface area is 136 Å². The molecule has 0 amide bonds. The van der Waals surface area contributed by atoms with Gasteiger partial charge in [-0.3, -0.25) is 0 Å². The van der Waals surface area contributed by atoms with E-state index < -0.39 is 0 Å². The summed E-state index contributed by atoms with van der Waals surface area (Å²) in [5.74, 6) is 0. The van der Waals surface area contributed by atoms with Crippen LogP contribution in [-0.2, 0) is 0 Å². The van der Waals surface area contributed by atoms with Gasteiger partial charge < -0.3 is 10.0 Å². The van der Waals surface area contributed by atoms with Gasteiger partial charge in [-0.1, -0.05) is 42.5 Å². The number of aliphatic hydroxyl groups excluding tert-OH is 1. The van der Waals surface area contributed by atoms with Gasteiger partial charge in [0.05, 0.1) is 17.7 Å². The highest BCUT2D eigenvalue weighted by atomic mass is 16.3. The monoisotopic (exact) mass is 304 g/mol. The molecule has 1 N–H and O–H groups in total. The minimum Gasteiger partial charge on any atom is -0.392 e. The number of hydrogen-bond donors (Lipinski definition) is 1. The third-order valence-electron chi connectivity index (χ3n) is 3.89. The highest BCUT2D eigenvalue weighted by Crippen LogP contribution is 2.15. The van der Waals surface area contributed by atoms with Crippen LogP contribution in [0.2, 0.25) is 0 Å². The highest BCUT2D eigenvalue weighted by molar-refractivity contribution is 5.68. The van der Waals surface area contributed by atoms with Gasteiger partial charge in [-0.05, 0) is 29.8 Å². The van der Waals surface area contributed by atoms with Crippen LogP contribution in [0.15, 0.2) is 71.4 Å². The minimum absolute atomic E-state index is 0.00226. The lowest BCUT2D eigenvalue weighted by molar-refractivity contribution is 0.349. The molecule has 0 radical (unpaired) electrons. The number of benzene rings is 2. The summed E-state index contributed by atoms with van der Waals surface area (Å²) in [4.78, 5) is 6.65.